The van der Waals surface area contributed by atoms with E-state index < -0.39 is 9.84 Å². The Hall–Kier alpha value is -1.73. The van der Waals surface area contributed by atoms with E-state index in [9.17, 15) is 8.42 Å². The van der Waals surface area contributed by atoms with E-state index in [2.05, 4.69) is 15.5 Å². The largest absolute Gasteiger partial charge is 0.308 e. The third-order valence-corrected chi connectivity index (χ3v) is 3.82. The molecule has 1 atom stereocenters. The highest BCUT2D eigenvalue weighted by atomic mass is 32.2. The van der Waals surface area contributed by atoms with E-state index in [1.165, 1.54) is 6.26 Å². The zero-order valence-electron chi connectivity index (χ0n) is 11.5. The van der Waals surface area contributed by atoms with Gasteiger partial charge < -0.3 is 5.32 Å². The summed E-state index contributed by atoms with van der Waals surface area (Å²) in [6.45, 7) is 2.33. The van der Waals surface area contributed by atoms with E-state index >= 15 is 0 Å². The molecule has 108 valence electrons. The molecule has 0 amide bonds. The van der Waals surface area contributed by atoms with Gasteiger partial charge in [-0.2, -0.15) is 15.0 Å². The quantitative estimate of drug-likeness (QED) is 0.852. The molecule has 0 aliphatic carbocycles. The van der Waals surface area contributed by atoms with Crippen LogP contribution in [0.3, 0.4) is 0 Å². The Morgan fingerprint density at radius 2 is 2.00 bits per heavy atom. The summed E-state index contributed by atoms with van der Waals surface area (Å²) in [5.74, 6) is 0.111. The number of hydrogen-bond acceptors (Lipinski definition) is 5. The first-order valence-corrected chi connectivity index (χ1v) is 8.38. The Morgan fingerprint density at radius 1 is 1.30 bits per heavy atom. The normalized spacial score (nSPS) is 13.3. The number of para-hydroxylation sites is 1. The molecule has 0 saturated heterocycles. The maximum Gasteiger partial charge on any atom is 0.148 e. The summed E-state index contributed by atoms with van der Waals surface area (Å²) in [7, 11) is -2.97. The summed E-state index contributed by atoms with van der Waals surface area (Å²) in [6, 6.07) is 9.50. The third-order valence-electron chi connectivity index (χ3n) is 2.71. The molecular formula is C13H18N4O2S. The molecule has 1 unspecified atom stereocenters. The third kappa shape index (κ3) is 4.43. The van der Waals surface area contributed by atoms with Gasteiger partial charge in [-0.25, -0.2) is 8.42 Å². The maximum absolute atomic E-state index is 11.2. The fourth-order valence-electron chi connectivity index (χ4n) is 1.85. The van der Waals surface area contributed by atoms with Crippen LogP contribution in [0.1, 0.15) is 12.6 Å². The van der Waals surface area contributed by atoms with Crippen molar-refractivity contribution in [2.24, 2.45) is 0 Å². The monoisotopic (exact) mass is 294 g/mol. The van der Waals surface area contributed by atoms with Gasteiger partial charge in [0.05, 0.1) is 23.3 Å². The van der Waals surface area contributed by atoms with Crippen LogP contribution in [-0.4, -0.2) is 41.5 Å². The van der Waals surface area contributed by atoms with E-state index in [-0.39, 0.29) is 11.8 Å². The van der Waals surface area contributed by atoms with E-state index in [1.807, 2.05) is 37.3 Å². The highest BCUT2D eigenvalue weighted by Crippen LogP contribution is 2.04. The predicted molar refractivity (Wildman–Crippen MR) is 77.4 cm³/mol. The minimum Gasteiger partial charge on any atom is -0.308 e. The van der Waals surface area contributed by atoms with E-state index in [4.69, 9.17) is 0 Å². The van der Waals surface area contributed by atoms with Crippen molar-refractivity contribution in [3.05, 3.63) is 42.2 Å². The van der Waals surface area contributed by atoms with Crippen LogP contribution >= 0.6 is 0 Å². The van der Waals surface area contributed by atoms with Gasteiger partial charge in [-0.05, 0) is 19.1 Å². The van der Waals surface area contributed by atoms with Crippen LogP contribution in [0.4, 0.5) is 0 Å². The van der Waals surface area contributed by atoms with Crippen LogP contribution in [0.25, 0.3) is 5.69 Å². The number of nitrogens with one attached hydrogen (secondary N) is 1. The molecule has 0 bridgehead atoms. The van der Waals surface area contributed by atoms with Gasteiger partial charge in [0.25, 0.3) is 0 Å². The maximum atomic E-state index is 11.2. The molecule has 1 heterocycles. The number of benzene rings is 1. The summed E-state index contributed by atoms with van der Waals surface area (Å²) < 4.78 is 22.3. The Kier molecular flexibility index (Phi) is 4.51. The number of sulfone groups is 1. The summed E-state index contributed by atoms with van der Waals surface area (Å²) >= 11 is 0. The predicted octanol–water partition coefficient (Wildman–Crippen LogP) is 0.790. The van der Waals surface area contributed by atoms with Gasteiger partial charge in [0.2, 0.25) is 0 Å². The zero-order valence-corrected chi connectivity index (χ0v) is 12.3. The summed E-state index contributed by atoms with van der Waals surface area (Å²) in [6.07, 6.45) is 2.91. The molecule has 1 aromatic carbocycles. The van der Waals surface area contributed by atoms with Gasteiger partial charge in [0.1, 0.15) is 9.84 Å². The molecule has 2 aromatic rings. The van der Waals surface area contributed by atoms with Crippen molar-refractivity contribution in [2.45, 2.75) is 19.5 Å². The van der Waals surface area contributed by atoms with Crippen molar-refractivity contribution < 1.29 is 8.42 Å². The molecule has 0 radical (unpaired) electrons. The van der Waals surface area contributed by atoms with E-state index in [0.29, 0.717) is 6.54 Å². The Morgan fingerprint density at radius 3 is 2.65 bits per heavy atom. The van der Waals surface area contributed by atoms with E-state index in [0.717, 1.165) is 11.4 Å². The first-order chi connectivity index (χ1) is 9.44. The Labute approximate surface area is 118 Å². The van der Waals surface area contributed by atoms with E-state index in [1.54, 1.807) is 11.0 Å². The Balaban J connectivity index is 1.94. The van der Waals surface area contributed by atoms with Crippen LogP contribution in [0.2, 0.25) is 0 Å². The van der Waals surface area contributed by atoms with Crippen LogP contribution in [-0.2, 0) is 16.4 Å². The second-order valence-corrected chi connectivity index (χ2v) is 7.02. The number of aromatic nitrogens is 3. The molecule has 7 heteroatoms. The molecule has 0 spiro atoms. The topological polar surface area (TPSA) is 76.9 Å². The van der Waals surface area contributed by atoms with Crippen molar-refractivity contribution in [2.75, 3.05) is 12.0 Å². The molecule has 6 nitrogen and oxygen atoms in total. The number of nitrogens with zero attached hydrogens (tertiary/aromatic N) is 3. The molecule has 1 aromatic heterocycles. The number of hydrogen-bond donors (Lipinski definition) is 1. The lowest BCUT2D eigenvalue weighted by Gasteiger charge is -2.10. The second-order valence-electron chi connectivity index (χ2n) is 4.84. The molecule has 0 fully saturated rings. The highest BCUT2D eigenvalue weighted by Gasteiger charge is 2.10. The summed E-state index contributed by atoms with van der Waals surface area (Å²) in [5.41, 5.74) is 1.66. The van der Waals surface area contributed by atoms with Crippen molar-refractivity contribution in [1.29, 1.82) is 0 Å². The number of rotatable bonds is 6. The van der Waals surface area contributed by atoms with Crippen LogP contribution in [0, 0.1) is 0 Å². The Bertz CT molecular complexity index is 652. The molecule has 0 saturated carbocycles. The smallest absolute Gasteiger partial charge is 0.148 e. The minimum absolute atomic E-state index is 0.111. The van der Waals surface area contributed by atoms with Crippen molar-refractivity contribution >= 4 is 9.84 Å². The zero-order chi connectivity index (χ0) is 14.6. The first kappa shape index (κ1) is 14.7. The minimum atomic E-state index is -2.97. The van der Waals surface area contributed by atoms with Crippen LogP contribution < -0.4 is 5.32 Å². The van der Waals surface area contributed by atoms with Gasteiger partial charge in [-0.1, -0.05) is 18.2 Å². The standard InChI is InChI=1S/C13H18N4O2S/c1-11(10-20(2,18)19)14-8-12-9-15-17(16-12)13-6-4-3-5-7-13/h3-7,9,11,14H,8,10H2,1-2H3. The summed E-state index contributed by atoms with van der Waals surface area (Å²) in [4.78, 5) is 1.55. The van der Waals surface area contributed by atoms with Crippen molar-refractivity contribution in [3.63, 3.8) is 0 Å². The first-order valence-electron chi connectivity index (χ1n) is 6.32. The van der Waals surface area contributed by atoms with Crippen molar-refractivity contribution in [3.8, 4) is 5.69 Å². The lowest BCUT2D eigenvalue weighted by Crippen LogP contribution is -2.32. The average molecular weight is 294 g/mol. The van der Waals surface area contributed by atoms with Gasteiger partial charge in [-0.3, -0.25) is 0 Å². The van der Waals surface area contributed by atoms with Gasteiger partial charge in [-0.15, -0.1) is 0 Å². The molecule has 0 aliphatic heterocycles. The molecule has 1 N–H and O–H groups in total. The van der Waals surface area contributed by atoms with Gasteiger partial charge in [0.15, 0.2) is 0 Å². The molecule has 0 aliphatic rings. The molecule has 2 rings (SSSR count). The lowest BCUT2D eigenvalue weighted by atomic mass is 10.3. The SMILES string of the molecule is CC(CS(C)(=O)=O)NCc1cnn(-c2ccccc2)n1. The second kappa shape index (κ2) is 6.15. The average Bonchev–Trinajstić information content (AvgIpc) is 2.84. The van der Waals surface area contributed by atoms with Crippen LogP contribution in [0.15, 0.2) is 36.5 Å². The van der Waals surface area contributed by atoms with Gasteiger partial charge >= 0.3 is 0 Å². The fraction of sp³-hybridized carbons (Fsp3) is 0.385. The molecular weight excluding hydrogens is 276 g/mol. The fourth-order valence-corrected chi connectivity index (χ4v) is 2.88. The van der Waals surface area contributed by atoms with Crippen LogP contribution in [0.5, 0.6) is 0 Å². The van der Waals surface area contributed by atoms with Crippen molar-refractivity contribution in [1.82, 2.24) is 20.3 Å². The molecule has 20 heavy (non-hydrogen) atoms. The highest BCUT2D eigenvalue weighted by molar-refractivity contribution is 7.90. The lowest BCUT2D eigenvalue weighted by molar-refractivity contribution is 0.554. The van der Waals surface area contributed by atoms with Gasteiger partial charge in [0, 0.05) is 18.8 Å². The summed E-state index contributed by atoms with van der Waals surface area (Å²) in [5, 5.41) is 11.7.